The van der Waals surface area contributed by atoms with Crippen LogP contribution in [-0.4, -0.2) is 42.2 Å². The van der Waals surface area contributed by atoms with Crippen LogP contribution in [0.3, 0.4) is 0 Å². The van der Waals surface area contributed by atoms with Crippen molar-refractivity contribution in [2.24, 2.45) is 28.8 Å². The minimum atomic E-state index is -0.427. The summed E-state index contributed by atoms with van der Waals surface area (Å²) in [5.74, 6) is -0.500. The lowest BCUT2D eigenvalue weighted by molar-refractivity contribution is -0.145. The van der Waals surface area contributed by atoms with Crippen molar-refractivity contribution in [1.82, 2.24) is 5.01 Å². The average molecular weight is 382 g/mol. The summed E-state index contributed by atoms with van der Waals surface area (Å²) in [6, 6.07) is 6.87. The van der Waals surface area contributed by atoms with E-state index in [-0.39, 0.29) is 42.1 Å². The van der Waals surface area contributed by atoms with Crippen molar-refractivity contribution in [2.45, 2.75) is 19.8 Å². The number of allylic oxidation sites excluding steroid dienone is 2. The first-order valence-electron chi connectivity index (χ1n) is 9.57. The number of carbonyl (C=O) groups is 3. The fraction of sp³-hybridized carbons (Fsp3) is 0.429. The highest BCUT2D eigenvalue weighted by atomic mass is 16.6. The van der Waals surface area contributed by atoms with E-state index in [9.17, 15) is 14.4 Å². The lowest BCUT2D eigenvalue weighted by Gasteiger charge is -2.37. The van der Waals surface area contributed by atoms with Crippen LogP contribution in [0.5, 0.6) is 5.75 Å². The fourth-order valence-corrected chi connectivity index (χ4v) is 4.29. The smallest absolute Gasteiger partial charge is 0.344 e. The van der Waals surface area contributed by atoms with Crippen molar-refractivity contribution in [3.05, 3.63) is 42.0 Å². The van der Waals surface area contributed by atoms with Gasteiger partial charge in [-0.15, -0.1) is 0 Å². The Morgan fingerprint density at radius 3 is 2.25 bits per heavy atom. The molecule has 146 valence electrons. The summed E-state index contributed by atoms with van der Waals surface area (Å²) in [5, 5.41) is 5.21. The van der Waals surface area contributed by atoms with Gasteiger partial charge in [0.05, 0.1) is 24.7 Å². The van der Waals surface area contributed by atoms with Gasteiger partial charge in [0.1, 0.15) is 5.75 Å². The molecule has 2 amide bonds. The lowest BCUT2D eigenvalue weighted by atomic mass is 9.63. The van der Waals surface area contributed by atoms with Crippen LogP contribution < -0.4 is 4.74 Å². The van der Waals surface area contributed by atoms with E-state index in [1.807, 2.05) is 0 Å². The quantitative estimate of drug-likeness (QED) is 0.326. The number of hydrogen-bond acceptors (Lipinski definition) is 6. The van der Waals surface area contributed by atoms with Gasteiger partial charge in [-0.25, -0.2) is 4.79 Å². The van der Waals surface area contributed by atoms with Crippen molar-refractivity contribution < 1.29 is 23.9 Å². The van der Waals surface area contributed by atoms with E-state index in [0.717, 1.165) is 23.4 Å². The number of amides is 2. The Morgan fingerprint density at radius 1 is 1.11 bits per heavy atom. The summed E-state index contributed by atoms with van der Waals surface area (Å²) in [4.78, 5) is 36.7. The van der Waals surface area contributed by atoms with Crippen molar-refractivity contribution in [3.8, 4) is 5.75 Å². The third kappa shape index (κ3) is 3.32. The molecule has 0 unspecified atom stereocenters. The molecule has 2 bridgehead atoms. The van der Waals surface area contributed by atoms with Gasteiger partial charge in [0.2, 0.25) is 0 Å². The van der Waals surface area contributed by atoms with E-state index in [0.29, 0.717) is 12.4 Å². The number of nitrogens with zero attached hydrogens (tertiary/aromatic N) is 2. The molecule has 0 radical (unpaired) electrons. The number of imide groups is 1. The largest absolute Gasteiger partial charge is 0.482 e. The minimum absolute atomic E-state index is 0.155. The first-order chi connectivity index (χ1) is 13.6. The maximum Gasteiger partial charge on any atom is 0.344 e. The SMILES string of the molecule is CCOC(=O)COc1ccc(/C=N\N2C(=O)[C@@H]3[C@@H](C2=O)[C@H]2C=C[C@H]3CC2)cc1. The molecular weight excluding hydrogens is 360 g/mol. The summed E-state index contributed by atoms with van der Waals surface area (Å²) in [6.45, 7) is 1.89. The van der Waals surface area contributed by atoms with Gasteiger partial charge in [-0.2, -0.15) is 10.1 Å². The van der Waals surface area contributed by atoms with Gasteiger partial charge >= 0.3 is 5.97 Å². The second-order valence-corrected chi connectivity index (χ2v) is 7.24. The fourth-order valence-electron chi connectivity index (χ4n) is 4.29. The Hall–Kier alpha value is -2.96. The van der Waals surface area contributed by atoms with E-state index < -0.39 is 5.97 Å². The molecule has 1 saturated carbocycles. The van der Waals surface area contributed by atoms with Crippen LogP contribution in [0.25, 0.3) is 0 Å². The summed E-state index contributed by atoms with van der Waals surface area (Å²) >= 11 is 0. The highest BCUT2D eigenvalue weighted by molar-refractivity contribution is 6.06. The zero-order valence-corrected chi connectivity index (χ0v) is 15.6. The lowest BCUT2D eigenvalue weighted by Crippen LogP contribution is -2.38. The Balaban J connectivity index is 1.40. The third-order valence-corrected chi connectivity index (χ3v) is 5.60. The van der Waals surface area contributed by atoms with Gasteiger partial charge in [-0.3, -0.25) is 9.59 Å². The maximum absolute atomic E-state index is 12.7. The first-order valence-corrected chi connectivity index (χ1v) is 9.57. The molecule has 7 heteroatoms. The molecule has 4 atom stereocenters. The highest BCUT2D eigenvalue weighted by Crippen LogP contribution is 2.49. The number of carbonyl (C=O) groups excluding carboxylic acids is 3. The van der Waals surface area contributed by atoms with Crippen molar-refractivity contribution >= 4 is 24.0 Å². The van der Waals surface area contributed by atoms with Crippen LogP contribution in [-0.2, 0) is 19.1 Å². The standard InChI is InChI=1S/C21H22N2O5/c1-2-27-17(24)12-28-16-9-3-13(4-10-16)11-22-23-20(25)18-14-5-6-15(8-7-14)19(18)21(23)26/h3-6,9-11,14-15,18-19H,2,7-8,12H2,1H3/b22-11-/t14-,15-,18-,19-/m0/s1. The van der Waals surface area contributed by atoms with Gasteiger partial charge in [-0.1, -0.05) is 12.2 Å². The average Bonchev–Trinajstić information content (AvgIpc) is 2.99. The Kier molecular flexibility index (Phi) is 4.98. The molecule has 1 saturated heterocycles. The van der Waals surface area contributed by atoms with Gasteiger partial charge in [0.15, 0.2) is 6.61 Å². The number of benzene rings is 1. The molecule has 1 aliphatic heterocycles. The van der Waals surface area contributed by atoms with Crippen LogP contribution in [0.4, 0.5) is 0 Å². The van der Waals surface area contributed by atoms with E-state index in [4.69, 9.17) is 9.47 Å². The van der Waals surface area contributed by atoms with Crippen LogP contribution in [0.2, 0.25) is 0 Å². The second kappa shape index (κ2) is 7.58. The highest BCUT2D eigenvalue weighted by Gasteiger charge is 2.56. The number of hydrazone groups is 1. The molecule has 5 rings (SSSR count). The summed E-state index contributed by atoms with van der Waals surface area (Å²) in [7, 11) is 0. The summed E-state index contributed by atoms with van der Waals surface area (Å²) in [5.41, 5.74) is 0.722. The maximum atomic E-state index is 12.7. The van der Waals surface area contributed by atoms with Crippen molar-refractivity contribution in [3.63, 3.8) is 0 Å². The number of fused-ring (bicyclic) bond motifs is 1. The number of ether oxygens (including phenoxy) is 2. The summed E-state index contributed by atoms with van der Waals surface area (Å²) in [6.07, 6.45) is 7.60. The second-order valence-electron chi connectivity index (χ2n) is 7.24. The number of esters is 1. The van der Waals surface area contributed by atoms with Gasteiger partial charge in [-0.05, 0) is 61.4 Å². The molecule has 3 aliphatic carbocycles. The molecule has 2 fully saturated rings. The third-order valence-electron chi connectivity index (χ3n) is 5.60. The topological polar surface area (TPSA) is 85.3 Å². The molecule has 7 nitrogen and oxygen atoms in total. The van der Waals surface area contributed by atoms with E-state index in [1.54, 1.807) is 31.2 Å². The molecule has 4 aliphatic rings. The normalized spacial score (nSPS) is 28.1. The van der Waals surface area contributed by atoms with E-state index in [1.165, 1.54) is 6.21 Å². The van der Waals surface area contributed by atoms with Gasteiger partial charge in [0, 0.05) is 0 Å². The van der Waals surface area contributed by atoms with Crippen LogP contribution in [0, 0.1) is 23.7 Å². The molecule has 28 heavy (non-hydrogen) atoms. The molecular formula is C21H22N2O5. The predicted molar refractivity (Wildman–Crippen MR) is 100 cm³/mol. The minimum Gasteiger partial charge on any atom is -0.482 e. The molecule has 1 aromatic rings. The Labute approximate surface area is 163 Å². The van der Waals surface area contributed by atoms with E-state index in [2.05, 4.69) is 17.3 Å². The van der Waals surface area contributed by atoms with Crippen LogP contribution in [0.1, 0.15) is 25.3 Å². The van der Waals surface area contributed by atoms with E-state index >= 15 is 0 Å². The monoisotopic (exact) mass is 382 g/mol. The summed E-state index contributed by atoms with van der Waals surface area (Å²) < 4.78 is 10.1. The Morgan fingerprint density at radius 2 is 1.71 bits per heavy atom. The molecule has 0 spiro atoms. The molecule has 1 heterocycles. The van der Waals surface area contributed by atoms with Gasteiger partial charge in [0.25, 0.3) is 11.8 Å². The van der Waals surface area contributed by atoms with Crippen molar-refractivity contribution in [1.29, 1.82) is 0 Å². The van der Waals surface area contributed by atoms with Crippen molar-refractivity contribution in [2.75, 3.05) is 13.2 Å². The van der Waals surface area contributed by atoms with Gasteiger partial charge < -0.3 is 9.47 Å². The first kappa shape index (κ1) is 18.4. The van der Waals surface area contributed by atoms with Crippen LogP contribution >= 0.6 is 0 Å². The molecule has 1 aromatic carbocycles. The zero-order chi connectivity index (χ0) is 19.7. The Bertz CT molecular complexity index is 813. The number of hydrogen-bond donors (Lipinski definition) is 0. The predicted octanol–water partition coefficient (Wildman–Crippen LogP) is 2.16. The molecule has 0 aromatic heterocycles. The van der Waals surface area contributed by atoms with Crippen LogP contribution in [0.15, 0.2) is 41.5 Å². The number of rotatable bonds is 6. The molecule has 0 N–H and O–H groups in total. The zero-order valence-electron chi connectivity index (χ0n) is 15.6.